The van der Waals surface area contributed by atoms with Crippen LogP contribution in [0.25, 0.3) is 97.9 Å². The van der Waals surface area contributed by atoms with Crippen molar-refractivity contribution in [3.63, 3.8) is 0 Å². The van der Waals surface area contributed by atoms with Crippen LogP contribution in [0.15, 0.2) is 126 Å². The first kappa shape index (κ1) is 27.7. The summed E-state index contributed by atoms with van der Waals surface area (Å²) in [5.41, 5.74) is 10.1. The van der Waals surface area contributed by atoms with Crippen LogP contribution < -0.4 is 0 Å². The Morgan fingerprint density at radius 3 is 2.08 bits per heavy atom. The molecule has 0 fully saturated rings. The molecule has 0 N–H and O–H groups in total. The van der Waals surface area contributed by atoms with E-state index in [1.807, 2.05) is 11.3 Å². The molecule has 0 bridgehead atoms. The molecule has 48 heavy (non-hydrogen) atoms. The van der Waals surface area contributed by atoms with Gasteiger partial charge in [-0.2, -0.15) is 0 Å². The van der Waals surface area contributed by atoms with Gasteiger partial charge in [0.2, 0.25) is 0 Å². The number of thiophene rings is 1. The zero-order valence-electron chi connectivity index (χ0n) is 26.9. The van der Waals surface area contributed by atoms with E-state index in [-0.39, 0.29) is 0 Å². The Hall–Kier alpha value is -5.44. The summed E-state index contributed by atoms with van der Waals surface area (Å²) in [5, 5.41) is 11.5. The number of furan rings is 1. The van der Waals surface area contributed by atoms with Gasteiger partial charge in [0.15, 0.2) is 0 Å². The van der Waals surface area contributed by atoms with Crippen LogP contribution in [0.2, 0.25) is 0 Å². The minimum atomic E-state index is 0.949. The minimum absolute atomic E-state index is 0.949. The zero-order chi connectivity index (χ0) is 31.9. The summed E-state index contributed by atoms with van der Waals surface area (Å²) in [6.45, 7) is 4.11. The first-order chi connectivity index (χ1) is 23.7. The fourth-order valence-corrected chi connectivity index (χ4v) is 9.36. The van der Waals surface area contributed by atoms with Gasteiger partial charge < -0.3 is 4.42 Å². The van der Waals surface area contributed by atoms with Gasteiger partial charge in [0.25, 0.3) is 0 Å². The van der Waals surface area contributed by atoms with Crippen LogP contribution in [0.3, 0.4) is 0 Å². The molecule has 0 unspecified atom stereocenters. The molecule has 2 heteroatoms. The van der Waals surface area contributed by atoms with E-state index in [0.717, 1.165) is 24.2 Å². The van der Waals surface area contributed by atoms with Gasteiger partial charge in [-0.15, -0.1) is 11.3 Å². The third-order valence-corrected chi connectivity index (χ3v) is 11.5. The molecule has 1 aliphatic rings. The van der Waals surface area contributed by atoms with Crippen molar-refractivity contribution in [1.29, 1.82) is 0 Å². The molecule has 0 saturated heterocycles. The Labute approximate surface area is 283 Å². The van der Waals surface area contributed by atoms with Crippen molar-refractivity contribution in [1.82, 2.24) is 0 Å². The van der Waals surface area contributed by atoms with E-state index in [0.29, 0.717) is 0 Å². The molecule has 228 valence electrons. The molecule has 10 rings (SSSR count). The first-order valence-corrected chi connectivity index (χ1v) is 17.7. The van der Waals surface area contributed by atoms with Crippen molar-refractivity contribution >= 4 is 86.9 Å². The average Bonchev–Trinajstić information content (AvgIpc) is 3.65. The maximum atomic E-state index is 6.27. The summed E-state index contributed by atoms with van der Waals surface area (Å²) < 4.78 is 8.88. The molecule has 1 nitrogen and oxygen atoms in total. The lowest BCUT2D eigenvalue weighted by Gasteiger charge is -2.19. The highest BCUT2D eigenvalue weighted by Gasteiger charge is 2.19. The molecule has 0 aliphatic heterocycles. The van der Waals surface area contributed by atoms with E-state index in [9.17, 15) is 0 Å². The quantitative estimate of drug-likeness (QED) is 0.177. The highest BCUT2D eigenvalue weighted by atomic mass is 32.1. The van der Waals surface area contributed by atoms with Crippen LogP contribution in [-0.4, -0.2) is 0 Å². The summed E-state index contributed by atoms with van der Waals surface area (Å²) in [5.74, 6) is 0.962. The number of hydrogen-bond donors (Lipinski definition) is 0. The smallest absolute Gasteiger partial charge is 0.135 e. The van der Waals surface area contributed by atoms with Gasteiger partial charge in [-0.3, -0.25) is 0 Å². The SMILES string of the molecule is C/C=C\c1c(C)oc2cc3c(ccc4sc5cc(-c6c7ccccc7c(-c7ccc8c(c7)CCC=C8)c7ccccc67)ccc5c43)cc12. The molecule has 0 amide bonds. The molecule has 2 aromatic heterocycles. The molecule has 9 aromatic rings. The molecular formula is C46H32OS. The Balaban J connectivity index is 1.21. The van der Waals surface area contributed by atoms with Crippen LogP contribution in [0, 0.1) is 6.92 Å². The normalized spacial score (nSPS) is 13.3. The summed E-state index contributed by atoms with van der Waals surface area (Å²) >= 11 is 1.88. The van der Waals surface area contributed by atoms with Crippen LogP contribution in [0.4, 0.5) is 0 Å². The highest BCUT2D eigenvalue weighted by molar-refractivity contribution is 7.26. The number of allylic oxidation sites excluding steroid dienone is 2. The van der Waals surface area contributed by atoms with E-state index >= 15 is 0 Å². The Kier molecular flexibility index (Phi) is 6.07. The summed E-state index contributed by atoms with van der Waals surface area (Å²) in [4.78, 5) is 0. The van der Waals surface area contributed by atoms with Crippen LogP contribution >= 0.6 is 11.3 Å². The molecule has 1 aliphatic carbocycles. The molecule has 2 heterocycles. The molecule has 0 saturated carbocycles. The minimum Gasteiger partial charge on any atom is -0.461 e. The van der Waals surface area contributed by atoms with Gasteiger partial charge in [0.1, 0.15) is 11.3 Å². The number of hydrogen-bond acceptors (Lipinski definition) is 2. The lowest BCUT2D eigenvalue weighted by Crippen LogP contribution is -1.96. The Bertz CT molecular complexity index is 2800. The molecule has 0 spiro atoms. The topological polar surface area (TPSA) is 13.1 Å². The van der Waals surface area contributed by atoms with Crippen molar-refractivity contribution in [2.24, 2.45) is 0 Å². The van der Waals surface area contributed by atoms with E-state index < -0.39 is 0 Å². The van der Waals surface area contributed by atoms with Crippen molar-refractivity contribution in [3.8, 4) is 22.3 Å². The standard InChI is InChI=1S/C46H32OS/c1-3-10-33-27(2)47-41-26-39-30(24-40(33)41)20-22-42-46(39)38-21-19-32(25-43(38)48-42)45-36-15-8-6-13-34(36)44(35-14-7-9-16-37(35)45)31-18-17-28-11-4-5-12-29(28)23-31/h3-4,6-11,13-26H,5,12H2,1-2H3/b10-3-. The van der Waals surface area contributed by atoms with Gasteiger partial charge in [0, 0.05) is 31.1 Å². The van der Waals surface area contributed by atoms with Crippen molar-refractivity contribution < 1.29 is 4.42 Å². The largest absolute Gasteiger partial charge is 0.461 e. The van der Waals surface area contributed by atoms with E-state index in [1.54, 1.807) is 0 Å². The predicted molar refractivity (Wildman–Crippen MR) is 209 cm³/mol. The maximum Gasteiger partial charge on any atom is 0.135 e. The third-order valence-electron chi connectivity index (χ3n) is 10.3. The number of rotatable bonds is 3. The lowest BCUT2D eigenvalue weighted by atomic mass is 9.84. The average molecular weight is 633 g/mol. The first-order valence-electron chi connectivity index (χ1n) is 16.8. The van der Waals surface area contributed by atoms with Gasteiger partial charge >= 0.3 is 0 Å². The van der Waals surface area contributed by atoms with E-state index in [4.69, 9.17) is 4.42 Å². The van der Waals surface area contributed by atoms with Gasteiger partial charge in [-0.25, -0.2) is 0 Å². The number of aryl methyl sites for hydroxylation is 2. The summed E-state index contributed by atoms with van der Waals surface area (Å²) in [6.07, 6.45) is 11.0. The van der Waals surface area contributed by atoms with Crippen molar-refractivity contribution in [3.05, 3.63) is 144 Å². The highest BCUT2D eigenvalue weighted by Crippen LogP contribution is 2.47. The summed E-state index contributed by atoms with van der Waals surface area (Å²) in [6, 6.07) is 41.2. The zero-order valence-corrected chi connectivity index (χ0v) is 27.7. The van der Waals surface area contributed by atoms with E-state index in [2.05, 4.69) is 147 Å². The second-order valence-corrected chi connectivity index (χ2v) is 14.2. The molecule has 7 aromatic carbocycles. The fraction of sp³-hybridized carbons (Fsp3) is 0.0870. The van der Waals surface area contributed by atoms with Crippen molar-refractivity contribution in [2.75, 3.05) is 0 Å². The molecular weight excluding hydrogens is 601 g/mol. The number of benzene rings is 7. The second kappa shape index (κ2) is 10.5. The monoisotopic (exact) mass is 632 g/mol. The fourth-order valence-electron chi connectivity index (χ4n) is 8.20. The van der Waals surface area contributed by atoms with Crippen molar-refractivity contribution in [2.45, 2.75) is 26.7 Å². The van der Waals surface area contributed by atoms with Gasteiger partial charge in [-0.1, -0.05) is 109 Å². The Morgan fingerprint density at radius 2 is 1.35 bits per heavy atom. The summed E-state index contributed by atoms with van der Waals surface area (Å²) in [7, 11) is 0. The predicted octanol–water partition coefficient (Wildman–Crippen LogP) is 13.9. The molecule has 0 radical (unpaired) electrons. The number of fused-ring (bicyclic) bond motifs is 9. The van der Waals surface area contributed by atoms with E-state index in [1.165, 1.54) is 96.8 Å². The second-order valence-electron chi connectivity index (χ2n) is 13.1. The molecule has 0 atom stereocenters. The van der Waals surface area contributed by atoms with Crippen LogP contribution in [-0.2, 0) is 6.42 Å². The van der Waals surface area contributed by atoms with Gasteiger partial charge in [-0.05, 0) is 117 Å². The van der Waals surface area contributed by atoms with Gasteiger partial charge in [0.05, 0.1) is 0 Å². The Morgan fingerprint density at radius 1 is 0.646 bits per heavy atom. The van der Waals surface area contributed by atoms with Crippen LogP contribution in [0.1, 0.15) is 35.8 Å². The maximum absolute atomic E-state index is 6.27. The third kappa shape index (κ3) is 4.03. The lowest BCUT2D eigenvalue weighted by molar-refractivity contribution is 0.578. The van der Waals surface area contributed by atoms with Crippen LogP contribution in [0.5, 0.6) is 0 Å².